The lowest BCUT2D eigenvalue weighted by Gasteiger charge is -2.44. The zero-order chi connectivity index (χ0) is 14.5. The Bertz CT molecular complexity index is 326. The Morgan fingerprint density at radius 2 is 1.89 bits per heavy atom. The molecule has 2 atom stereocenters. The van der Waals surface area contributed by atoms with Crippen LogP contribution >= 0.6 is 11.8 Å². The van der Waals surface area contributed by atoms with Crippen LogP contribution in [0.2, 0.25) is 0 Å². The van der Waals surface area contributed by atoms with Crippen molar-refractivity contribution in [2.45, 2.75) is 38.6 Å². The van der Waals surface area contributed by atoms with Crippen molar-refractivity contribution in [2.75, 3.05) is 18.6 Å². The van der Waals surface area contributed by atoms with Crippen molar-refractivity contribution in [2.24, 2.45) is 11.8 Å². The first-order valence-electron chi connectivity index (χ1n) is 6.73. The molecule has 1 rings (SSSR count). The molecule has 0 bridgehead atoms. The van der Waals surface area contributed by atoms with Gasteiger partial charge in [-0.1, -0.05) is 20.3 Å². The number of hydrogen-bond donors (Lipinski definition) is 3. The molecule has 0 saturated heterocycles. The lowest BCUT2D eigenvalue weighted by molar-refractivity contribution is -0.151. The van der Waals surface area contributed by atoms with E-state index < -0.39 is 11.5 Å². The van der Waals surface area contributed by atoms with Gasteiger partial charge in [0, 0.05) is 12.3 Å². The summed E-state index contributed by atoms with van der Waals surface area (Å²) in [5.74, 6) is -0.217. The number of hydrogen-bond acceptors (Lipinski definition) is 3. The van der Waals surface area contributed by atoms with Crippen molar-refractivity contribution >= 4 is 23.8 Å². The normalized spacial score (nSPS) is 30.7. The van der Waals surface area contributed by atoms with E-state index in [2.05, 4.69) is 10.6 Å². The van der Waals surface area contributed by atoms with Crippen LogP contribution < -0.4 is 10.6 Å². The van der Waals surface area contributed by atoms with Crippen LogP contribution in [0.25, 0.3) is 0 Å². The maximum atomic E-state index is 11.9. The molecular weight excluding hydrogens is 264 g/mol. The molecule has 0 radical (unpaired) electrons. The molecule has 0 spiro atoms. The monoisotopic (exact) mass is 288 g/mol. The molecule has 0 heterocycles. The van der Waals surface area contributed by atoms with Gasteiger partial charge in [-0.3, -0.25) is 0 Å². The highest BCUT2D eigenvalue weighted by atomic mass is 32.2. The molecule has 19 heavy (non-hydrogen) atoms. The Hall–Kier alpha value is -0.910. The van der Waals surface area contributed by atoms with Gasteiger partial charge < -0.3 is 15.7 Å². The van der Waals surface area contributed by atoms with Crippen molar-refractivity contribution < 1.29 is 14.7 Å². The second-order valence-corrected chi connectivity index (χ2v) is 6.27. The van der Waals surface area contributed by atoms with Crippen molar-refractivity contribution in [1.82, 2.24) is 10.6 Å². The van der Waals surface area contributed by atoms with Crippen molar-refractivity contribution in [1.29, 1.82) is 0 Å². The molecule has 1 aliphatic rings. The molecule has 5 nitrogen and oxygen atoms in total. The maximum Gasteiger partial charge on any atom is 0.330 e. The van der Waals surface area contributed by atoms with Crippen LogP contribution in [-0.2, 0) is 4.79 Å². The van der Waals surface area contributed by atoms with Gasteiger partial charge in [-0.25, -0.2) is 9.59 Å². The SMILES string of the molecule is CSCCNC(=O)NC1(C(=O)O)C(C)CCCC1C. The molecule has 1 saturated carbocycles. The second-order valence-electron chi connectivity index (χ2n) is 5.28. The van der Waals surface area contributed by atoms with Gasteiger partial charge in [0.15, 0.2) is 0 Å². The van der Waals surface area contributed by atoms with Gasteiger partial charge in [-0.15, -0.1) is 0 Å². The summed E-state index contributed by atoms with van der Waals surface area (Å²) in [7, 11) is 0. The fourth-order valence-electron chi connectivity index (χ4n) is 2.89. The van der Waals surface area contributed by atoms with Crippen LogP contribution in [-0.4, -0.2) is 41.2 Å². The van der Waals surface area contributed by atoms with E-state index in [0.29, 0.717) is 6.54 Å². The van der Waals surface area contributed by atoms with Crippen LogP contribution in [0.5, 0.6) is 0 Å². The number of amides is 2. The van der Waals surface area contributed by atoms with E-state index in [4.69, 9.17) is 0 Å². The standard InChI is InChI=1S/C13H24N2O3S/c1-9-5-4-6-10(2)13(9,11(16)17)15-12(18)14-7-8-19-3/h9-10H,4-8H2,1-3H3,(H,16,17)(H2,14,15,18). The summed E-state index contributed by atoms with van der Waals surface area (Å²) in [5, 5.41) is 15.1. The Morgan fingerprint density at radius 3 is 2.37 bits per heavy atom. The van der Waals surface area contributed by atoms with Gasteiger partial charge in [0.05, 0.1) is 0 Å². The zero-order valence-corrected chi connectivity index (χ0v) is 12.7. The minimum Gasteiger partial charge on any atom is -0.479 e. The Morgan fingerprint density at radius 1 is 1.32 bits per heavy atom. The molecule has 3 N–H and O–H groups in total. The van der Waals surface area contributed by atoms with Crippen LogP contribution in [0.3, 0.4) is 0 Å². The lowest BCUT2D eigenvalue weighted by Crippen LogP contribution is -2.65. The molecule has 0 aromatic heterocycles. The van der Waals surface area contributed by atoms with Crippen LogP contribution in [0, 0.1) is 11.8 Å². The average Bonchev–Trinajstić information content (AvgIpc) is 2.34. The summed E-state index contributed by atoms with van der Waals surface area (Å²) in [6.07, 6.45) is 4.65. The first kappa shape index (κ1) is 16.1. The highest BCUT2D eigenvalue weighted by Gasteiger charge is 2.51. The Balaban J connectivity index is 2.76. The summed E-state index contributed by atoms with van der Waals surface area (Å²) >= 11 is 1.64. The minimum atomic E-state index is -1.14. The summed E-state index contributed by atoms with van der Waals surface area (Å²) in [5.41, 5.74) is -1.14. The fraction of sp³-hybridized carbons (Fsp3) is 0.846. The average molecular weight is 288 g/mol. The Labute approximate surface area is 118 Å². The van der Waals surface area contributed by atoms with Gasteiger partial charge in [0.2, 0.25) is 0 Å². The second kappa shape index (κ2) is 7.03. The van der Waals surface area contributed by atoms with E-state index >= 15 is 0 Å². The number of carbonyl (C=O) groups excluding carboxylic acids is 1. The number of carbonyl (C=O) groups is 2. The predicted octanol–water partition coefficient (Wildman–Crippen LogP) is 1.93. The minimum absolute atomic E-state index is 0.0555. The van der Waals surface area contributed by atoms with Crippen molar-refractivity contribution in [3.63, 3.8) is 0 Å². The van der Waals surface area contributed by atoms with Crippen LogP contribution in [0.4, 0.5) is 4.79 Å². The summed E-state index contributed by atoms with van der Waals surface area (Å²) in [6, 6.07) is -0.378. The topological polar surface area (TPSA) is 78.4 Å². The van der Waals surface area contributed by atoms with Gasteiger partial charge in [0.25, 0.3) is 0 Å². The quantitative estimate of drug-likeness (QED) is 0.675. The van der Waals surface area contributed by atoms with Crippen LogP contribution in [0.15, 0.2) is 0 Å². The van der Waals surface area contributed by atoms with E-state index in [1.165, 1.54) is 0 Å². The van der Waals surface area contributed by atoms with Gasteiger partial charge in [-0.2, -0.15) is 11.8 Å². The van der Waals surface area contributed by atoms with E-state index in [1.54, 1.807) is 11.8 Å². The van der Waals surface area contributed by atoms with Gasteiger partial charge in [0.1, 0.15) is 5.54 Å². The maximum absolute atomic E-state index is 11.9. The number of urea groups is 1. The molecular formula is C13H24N2O3S. The van der Waals surface area contributed by atoms with Crippen LogP contribution in [0.1, 0.15) is 33.1 Å². The summed E-state index contributed by atoms with van der Waals surface area (Å²) in [4.78, 5) is 23.6. The third-order valence-corrected chi connectivity index (χ3v) is 4.71. The molecule has 2 unspecified atom stereocenters. The third-order valence-electron chi connectivity index (χ3n) is 4.09. The molecule has 0 aromatic rings. The van der Waals surface area contributed by atoms with E-state index in [0.717, 1.165) is 25.0 Å². The number of carboxylic acid groups (broad SMARTS) is 1. The highest BCUT2D eigenvalue weighted by Crippen LogP contribution is 2.38. The molecule has 1 aliphatic carbocycles. The number of carboxylic acids is 1. The number of aliphatic carboxylic acids is 1. The first-order chi connectivity index (χ1) is 8.95. The highest BCUT2D eigenvalue weighted by molar-refractivity contribution is 7.98. The largest absolute Gasteiger partial charge is 0.479 e. The summed E-state index contributed by atoms with van der Waals surface area (Å²) < 4.78 is 0. The van der Waals surface area contributed by atoms with E-state index in [1.807, 2.05) is 20.1 Å². The lowest BCUT2D eigenvalue weighted by atomic mass is 9.67. The van der Waals surface area contributed by atoms with Crippen molar-refractivity contribution in [3.8, 4) is 0 Å². The number of nitrogens with one attached hydrogen (secondary N) is 2. The van der Waals surface area contributed by atoms with Gasteiger partial charge in [-0.05, 0) is 30.9 Å². The van der Waals surface area contributed by atoms with Gasteiger partial charge >= 0.3 is 12.0 Å². The molecule has 0 aromatic carbocycles. The fourth-order valence-corrected chi connectivity index (χ4v) is 3.20. The van der Waals surface area contributed by atoms with E-state index in [-0.39, 0.29) is 17.9 Å². The number of thioether (sulfide) groups is 1. The number of rotatable bonds is 5. The molecule has 110 valence electrons. The molecule has 1 fully saturated rings. The van der Waals surface area contributed by atoms with Crippen molar-refractivity contribution in [3.05, 3.63) is 0 Å². The third kappa shape index (κ3) is 3.55. The zero-order valence-electron chi connectivity index (χ0n) is 11.9. The molecule has 0 aliphatic heterocycles. The summed E-state index contributed by atoms with van der Waals surface area (Å²) in [6.45, 7) is 4.36. The smallest absolute Gasteiger partial charge is 0.330 e. The molecule has 6 heteroatoms. The first-order valence-corrected chi connectivity index (χ1v) is 8.12. The predicted molar refractivity (Wildman–Crippen MR) is 77.5 cm³/mol. The molecule has 2 amide bonds. The Kier molecular flexibility index (Phi) is 5.97. The van der Waals surface area contributed by atoms with E-state index in [9.17, 15) is 14.7 Å².